The van der Waals surface area contributed by atoms with Crippen LogP contribution in [0.4, 0.5) is 0 Å². The lowest BCUT2D eigenvalue weighted by Gasteiger charge is -2.25. The molecule has 0 aromatic carbocycles. The lowest BCUT2D eigenvalue weighted by atomic mass is 10.4. The van der Waals surface area contributed by atoms with Crippen LogP contribution < -0.4 is 0 Å². The molecular weight excluding hydrogens is 426 g/mol. The molecule has 0 rings (SSSR count). The summed E-state index contributed by atoms with van der Waals surface area (Å²) in [7, 11) is 0. The first-order chi connectivity index (χ1) is 15.5. The topological polar surface area (TPSA) is 47.6 Å². The van der Waals surface area contributed by atoms with Crippen LogP contribution in [0.5, 0.6) is 0 Å². The Labute approximate surface area is 203 Å². The highest BCUT2D eigenvalue weighted by Crippen LogP contribution is 2.50. The lowest BCUT2D eigenvalue weighted by Crippen LogP contribution is -2.03. The Hall–Kier alpha value is -0.420. The molecule has 0 N–H and O–H groups in total. The van der Waals surface area contributed by atoms with Crippen molar-refractivity contribution in [3.8, 4) is 12.1 Å². The summed E-state index contributed by atoms with van der Waals surface area (Å²) >= 11 is 0. The van der Waals surface area contributed by atoms with Gasteiger partial charge in [-0.3, -0.25) is 0 Å². The fraction of sp³-hybridized carbons (Fsp3) is 0.857. The normalized spacial score (nSPS) is 11.1. The molecule has 0 saturated carbocycles. The number of hydrogen-bond donors (Lipinski definition) is 0. The fourth-order valence-corrected chi connectivity index (χ4v) is 12.4. The molecule has 0 fully saturated rings. The Balaban J connectivity index is 0. The molecule has 0 atom stereocenters. The summed E-state index contributed by atoms with van der Waals surface area (Å²) in [6.45, 7) is 11.4. The third-order valence-electron chi connectivity index (χ3n) is 6.41. The van der Waals surface area contributed by atoms with Crippen LogP contribution in [0, 0.1) is 22.7 Å². The van der Waals surface area contributed by atoms with E-state index in [1.54, 1.807) is 0 Å². The van der Waals surface area contributed by atoms with Crippen molar-refractivity contribution in [2.75, 3.05) is 37.0 Å². The zero-order valence-corrected chi connectivity index (χ0v) is 24.5. The van der Waals surface area contributed by atoms with Gasteiger partial charge in [-0.25, -0.2) is 0 Å². The van der Waals surface area contributed by atoms with E-state index >= 15 is 0 Å². The Morgan fingerprint density at radius 1 is 0.438 bits per heavy atom. The smallest absolute Gasteiger partial charge is 0.0913 e. The first-order valence-corrected chi connectivity index (χ1v) is 18.5. The van der Waals surface area contributed by atoms with Gasteiger partial charge >= 0.3 is 0 Å². The average molecular weight is 483 g/mol. The van der Waals surface area contributed by atoms with Crippen LogP contribution in [0.25, 0.3) is 0 Å². The van der Waals surface area contributed by atoms with Gasteiger partial charge in [0.1, 0.15) is 0 Å². The number of nitriles is 2. The van der Waals surface area contributed by atoms with Crippen molar-refractivity contribution in [1.82, 2.24) is 0 Å². The predicted molar refractivity (Wildman–Crippen MR) is 156 cm³/mol. The van der Waals surface area contributed by atoms with Crippen molar-refractivity contribution in [3.05, 3.63) is 0 Å². The molecule has 0 aromatic heterocycles. The van der Waals surface area contributed by atoms with Gasteiger partial charge in [-0.15, -0.1) is 0 Å². The quantitative estimate of drug-likeness (QED) is 0.183. The molecule has 188 valence electrons. The van der Waals surface area contributed by atoms with E-state index in [-0.39, 0.29) is 0 Å². The average Bonchev–Trinajstić information content (AvgIpc) is 2.81. The van der Waals surface area contributed by atoms with E-state index < -0.39 is 13.8 Å². The molecule has 0 amide bonds. The van der Waals surface area contributed by atoms with Crippen LogP contribution in [0.15, 0.2) is 0 Å². The first kappa shape index (κ1) is 33.8. The number of nitrogens with zero attached hydrogens (tertiary/aromatic N) is 2. The van der Waals surface area contributed by atoms with Gasteiger partial charge < -0.3 is 0 Å². The third kappa shape index (κ3) is 17.1. The molecule has 0 radical (unpaired) electrons. The maximum atomic E-state index is 9.02. The van der Waals surface area contributed by atoms with Crippen molar-refractivity contribution in [2.24, 2.45) is 0 Å². The largest absolute Gasteiger partial charge is 0.193 e. The summed E-state index contributed by atoms with van der Waals surface area (Å²) in [6, 6.07) is 4.72. The van der Waals surface area contributed by atoms with Crippen LogP contribution in [0.2, 0.25) is 0 Å². The van der Waals surface area contributed by atoms with Crippen LogP contribution >= 0.6 is 13.8 Å². The first-order valence-electron chi connectivity index (χ1n) is 13.7. The van der Waals surface area contributed by atoms with E-state index in [2.05, 4.69) is 53.7 Å². The summed E-state index contributed by atoms with van der Waals surface area (Å²) in [6.07, 6.45) is 23.3. The minimum absolute atomic E-state index is 1.03. The Morgan fingerprint density at radius 3 is 0.750 bits per heavy atom. The second-order valence-corrected chi connectivity index (χ2v) is 17.5. The minimum atomic E-state index is -1.03. The van der Waals surface area contributed by atoms with E-state index in [0.29, 0.717) is 0 Å². The number of rotatable bonds is 18. The molecule has 4 heteroatoms. The summed E-state index contributed by atoms with van der Waals surface area (Å²) in [5, 5.41) is 18.0. The molecule has 2 nitrogen and oxygen atoms in total. The van der Waals surface area contributed by atoms with Gasteiger partial charge in [0.2, 0.25) is 0 Å². The molecule has 0 spiro atoms. The molecular formula is C28H56N2P2. The van der Waals surface area contributed by atoms with E-state index in [4.69, 9.17) is 10.5 Å². The minimum Gasteiger partial charge on any atom is -0.193 e. The standard InChI is InChI=1S/2C14H28NP/c2*1-4-7-11-16(14-10-15,12-8-5-2)13-9-6-3/h2*14H,4-9,11-13H2,1-3H3. The molecule has 0 aromatic rings. The highest BCUT2D eigenvalue weighted by Gasteiger charge is 2.16. The SMILES string of the molecule is CCCCP(=CC#N)(CCCC)CCCC.CCCCP(=CC#N)(CCCC)CCCC. The van der Waals surface area contributed by atoms with Gasteiger partial charge in [0, 0.05) is 11.6 Å². The maximum absolute atomic E-state index is 9.02. The molecule has 0 unspecified atom stereocenters. The van der Waals surface area contributed by atoms with Crippen molar-refractivity contribution >= 4 is 25.4 Å². The van der Waals surface area contributed by atoms with Gasteiger partial charge in [0.25, 0.3) is 0 Å². The third-order valence-corrected chi connectivity index (χ3v) is 15.0. The zero-order chi connectivity index (χ0) is 24.6. The fourth-order valence-electron chi connectivity index (χ4n) is 4.14. The molecule has 0 heterocycles. The molecule has 32 heavy (non-hydrogen) atoms. The van der Waals surface area contributed by atoms with Crippen LogP contribution in [-0.4, -0.2) is 48.6 Å². The molecule has 0 aliphatic heterocycles. The lowest BCUT2D eigenvalue weighted by molar-refractivity contribution is 0.845. The van der Waals surface area contributed by atoms with Gasteiger partial charge in [-0.2, -0.15) is 10.5 Å². The molecule has 0 aliphatic carbocycles. The van der Waals surface area contributed by atoms with Crippen molar-refractivity contribution in [3.63, 3.8) is 0 Å². The molecule has 0 aliphatic rings. The van der Waals surface area contributed by atoms with Crippen molar-refractivity contribution in [1.29, 1.82) is 10.5 Å². The van der Waals surface area contributed by atoms with Crippen LogP contribution in [0.3, 0.4) is 0 Å². The number of hydrogen-bond acceptors (Lipinski definition) is 2. The summed E-state index contributed by atoms with van der Waals surface area (Å²) in [5.74, 6) is 4.10. The number of unbranched alkanes of at least 4 members (excludes halogenated alkanes) is 6. The van der Waals surface area contributed by atoms with Crippen LogP contribution in [-0.2, 0) is 0 Å². The maximum Gasteiger partial charge on any atom is 0.0913 e. The van der Waals surface area contributed by atoms with Gasteiger partial charge in [0.15, 0.2) is 0 Å². The molecule has 0 bridgehead atoms. The second kappa shape index (κ2) is 23.7. The Morgan fingerprint density at radius 2 is 0.625 bits per heavy atom. The van der Waals surface area contributed by atoms with Gasteiger partial charge in [0.05, 0.1) is 12.1 Å². The summed E-state index contributed by atoms with van der Waals surface area (Å²) in [4.78, 5) is 0. The van der Waals surface area contributed by atoms with E-state index in [9.17, 15) is 0 Å². The Kier molecular flexibility index (Phi) is 25.0. The monoisotopic (exact) mass is 482 g/mol. The Bertz CT molecular complexity index is 497. The summed E-state index contributed by atoms with van der Waals surface area (Å²) in [5.41, 5.74) is 0. The zero-order valence-electron chi connectivity index (χ0n) is 22.7. The van der Waals surface area contributed by atoms with Crippen molar-refractivity contribution in [2.45, 2.75) is 119 Å². The van der Waals surface area contributed by atoms with E-state index in [1.165, 1.54) is 114 Å². The predicted octanol–water partition coefficient (Wildman–Crippen LogP) is 9.46. The van der Waals surface area contributed by atoms with Gasteiger partial charge in [-0.05, 0) is 75.5 Å². The van der Waals surface area contributed by atoms with E-state index in [1.807, 2.05) is 11.6 Å². The van der Waals surface area contributed by atoms with Gasteiger partial charge in [-0.1, -0.05) is 93.8 Å². The van der Waals surface area contributed by atoms with Crippen LogP contribution in [0.1, 0.15) is 119 Å². The summed E-state index contributed by atoms with van der Waals surface area (Å²) < 4.78 is 0. The molecule has 0 saturated heterocycles. The van der Waals surface area contributed by atoms with E-state index in [0.717, 1.165) is 0 Å². The van der Waals surface area contributed by atoms with Crippen molar-refractivity contribution < 1.29 is 0 Å². The highest BCUT2D eigenvalue weighted by molar-refractivity contribution is 7.75. The highest BCUT2D eigenvalue weighted by atomic mass is 31.2. The second-order valence-electron chi connectivity index (χ2n) is 9.42.